The quantitative estimate of drug-likeness (QED) is 0.245. The third-order valence-corrected chi connectivity index (χ3v) is 7.88. The normalized spacial score (nSPS) is 17.9. The molecule has 2 aliphatic rings. The molecule has 0 saturated carbocycles. The number of nitrogens with zero attached hydrogens (tertiary/aromatic N) is 4. The van der Waals surface area contributed by atoms with Gasteiger partial charge < -0.3 is 4.42 Å². The molecule has 7 nitrogen and oxygen atoms in total. The SMILES string of the molecule is CC(C)(C)C1=CC(=C(N=Nc2ccc(Cl)cc2)c2ccc(C(N=Nc3ccc(Cl)cc3)=C3C=CC(=O)C(C(C)(C)C)=C3)o2)C=CC1=O. The number of furan rings is 1. The molecule has 0 fully saturated rings. The minimum absolute atomic E-state index is 0.0647. The zero-order valence-electron chi connectivity index (χ0n) is 27.0. The van der Waals surface area contributed by atoms with Gasteiger partial charge in [0.2, 0.25) is 0 Å². The van der Waals surface area contributed by atoms with Crippen LogP contribution in [0.15, 0.2) is 144 Å². The first-order valence-corrected chi connectivity index (χ1v) is 15.8. The molecule has 0 saturated heterocycles. The van der Waals surface area contributed by atoms with Crippen LogP contribution in [0.2, 0.25) is 10.0 Å². The summed E-state index contributed by atoms with van der Waals surface area (Å²) in [6.45, 7) is 11.9. The second kappa shape index (κ2) is 13.6. The monoisotopic (exact) mass is 664 g/mol. The maximum Gasteiger partial charge on any atom is 0.182 e. The van der Waals surface area contributed by atoms with E-state index in [1.54, 1.807) is 72.8 Å². The average Bonchev–Trinajstić information content (AvgIpc) is 3.49. The summed E-state index contributed by atoms with van der Waals surface area (Å²) in [5.41, 5.74) is 3.79. The molecule has 238 valence electrons. The number of carbonyl (C=O) groups excluding carboxylic acids is 2. The van der Waals surface area contributed by atoms with Crippen molar-refractivity contribution in [1.82, 2.24) is 0 Å². The molecular formula is C38H34Cl2N4O3. The van der Waals surface area contributed by atoms with Gasteiger partial charge in [-0.15, -0.1) is 10.2 Å². The molecule has 0 spiro atoms. The van der Waals surface area contributed by atoms with Gasteiger partial charge in [0, 0.05) is 32.3 Å². The fourth-order valence-electron chi connectivity index (χ4n) is 4.85. The molecule has 3 aromatic rings. The highest BCUT2D eigenvalue weighted by Gasteiger charge is 2.28. The molecule has 2 aliphatic carbocycles. The van der Waals surface area contributed by atoms with E-state index in [4.69, 9.17) is 27.6 Å². The van der Waals surface area contributed by atoms with Gasteiger partial charge in [0.1, 0.15) is 11.4 Å². The Morgan fingerprint density at radius 3 is 1.26 bits per heavy atom. The van der Waals surface area contributed by atoms with Crippen LogP contribution in [0.25, 0.3) is 11.4 Å². The van der Waals surface area contributed by atoms with Crippen LogP contribution < -0.4 is 0 Å². The molecule has 5 rings (SSSR count). The number of benzene rings is 2. The van der Waals surface area contributed by atoms with Crippen molar-refractivity contribution in [3.63, 3.8) is 0 Å². The van der Waals surface area contributed by atoms with Gasteiger partial charge in [-0.1, -0.05) is 64.7 Å². The number of rotatable bonds is 6. The van der Waals surface area contributed by atoms with Gasteiger partial charge >= 0.3 is 0 Å². The van der Waals surface area contributed by atoms with Gasteiger partial charge in [-0.05, 0) is 108 Å². The molecule has 0 amide bonds. The molecule has 0 atom stereocenters. The molecule has 2 aromatic carbocycles. The van der Waals surface area contributed by atoms with Crippen LogP contribution in [0, 0.1) is 10.8 Å². The van der Waals surface area contributed by atoms with Crippen LogP contribution >= 0.6 is 23.2 Å². The van der Waals surface area contributed by atoms with Crippen molar-refractivity contribution in [1.29, 1.82) is 0 Å². The fourth-order valence-corrected chi connectivity index (χ4v) is 5.10. The Morgan fingerprint density at radius 2 is 0.915 bits per heavy atom. The van der Waals surface area contributed by atoms with Crippen LogP contribution in [0.4, 0.5) is 11.4 Å². The van der Waals surface area contributed by atoms with Gasteiger partial charge in [0.15, 0.2) is 23.1 Å². The summed E-state index contributed by atoms with van der Waals surface area (Å²) in [7, 11) is 0. The maximum absolute atomic E-state index is 12.8. The second-order valence-corrected chi connectivity index (χ2v) is 14.0. The first-order chi connectivity index (χ1) is 22.2. The first-order valence-electron chi connectivity index (χ1n) is 15.0. The highest BCUT2D eigenvalue weighted by Crippen LogP contribution is 2.38. The first kappa shape index (κ1) is 33.6. The Labute approximate surface area is 284 Å². The lowest BCUT2D eigenvalue weighted by molar-refractivity contribution is -0.113. The van der Waals surface area contributed by atoms with Crippen LogP contribution in [0.1, 0.15) is 53.1 Å². The lowest BCUT2D eigenvalue weighted by Crippen LogP contribution is -2.18. The smallest absolute Gasteiger partial charge is 0.182 e. The van der Waals surface area contributed by atoms with Crippen molar-refractivity contribution in [2.24, 2.45) is 31.3 Å². The fraction of sp³-hybridized carbons (Fsp3) is 0.211. The Hall–Kier alpha value is -4.72. The van der Waals surface area contributed by atoms with Gasteiger partial charge in [0.05, 0.1) is 11.4 Å². The van der Waals surface area contributed by atoms with E-state index in [9.17, 15) is 9.59 Å². The summed E-state index contributed by atoms with van der Waals surface area (Å²) in [6.07, 6.45) is 10.1. The van der Waals surface area contributed by atoms with E-state index in [0.717, 1.165) is 0 Å². The van der Waals surface area contributed by atoms with Crippen molar-refractivity contribution in [3.05, 3.63) is 141 Å². The second-order valence-electron chi connectivity index (χ2n) is 13.1. The predicted octanol–water partition coefficient (Wildman–Crippen LogP) is 11.8. The summed E-state index contributed by atoms with van der Waals surface area (Å²) in [6, 6.07) is 17.5. The van der Waals surface area contributed by atoms with Crippen molar-refractivity contribution < 1.29 is 14.0 Å². The Kier molecular flexibility index (Phi) is 9.70. The zero-order valence-corrected chi connectivity index (χ0v) is 28.5. The standard InChI is InChI=1S/C38H34Cl2N4O3/c1-37(2,3)29-21-23(7-17-31(29)45)35(43-41-27-13-9-25(39)10-14-27)33-19-20-34(47-33)36(44-42-28-15-11-26(40)12-16-28)24-8-18-32(46)30(22-24)38(4,5)6/h7-22H,1-6H3. The molecule has 0 radical (unpaired) electrons. The number of carbonyl (C=O) groups is 2. The van der Waals surface area contributed by atoms with Crippen molar-refractivity contribution in [2.75, 3.05) is 0 Å². The molecule has 1 heterocycles. The Bertz CT molecular complexity index is 1830. The summed E-state index contributed by atoms with van der Waals surface area (Å²) in [5.74, 6) is 0.661. The van der Waals surface area contributed by atoms with E-state index < -0.39 is 10.8 Å². The number of halogens is 2. The molecule has 0 unspecified atom stereocenters. The molecule has 9 heteroatoms. The van der Waals surface area contributed by atoms with Crippen LogP contribution in [-0.2, 0) is 9.59 Å². The minimum atomic E-state index is -0.401. The van der Waals surface area contributed by atoms with Crippen molar-refractivity contribution in [2.45, 2.75) is 41.5 Å². The molecule has 0 aliphatic heterocycles. The molecule has 0 bridgehead atoms. The third-order valence-electron chi connectivity index (χ3n) is 7.38. The molecule has 47 heavy (non-hydrogen) atoms. The highest BCUT2D eigenvalue weighted by molar-refractivity contribution is 6.30. The summed E-state index contributed by atoms with van der Waals surface area (Å²) in [4.78, 5) is 25.6. The van der Waals surface area contributed by atoms with E-state index in [2.05, 4.69) is 20.5 Å². The van der Waals surface area contributed by atoms with Crippen LogP contribution in [0.5, 0.6) is 0 Å². The third kappa shape index (κ3) is 8.17. The van der Waals surface area contributed by atoms with Gasteiger partial charge in [-0.3, -0.25) is 9.59 Å². The van der Waals surface area contributed by atoms with Crippen LogP contribution in [0.3, 0.4) is 0 Å². The summed E-state index contributed by atoms with van der Waals surface area (Å²) in [5, 5.41) is 19.3. The lowest BCUT2D eigenvalue weighted by Gasteiger charge is -2.23. The number of hydrogen-bond acceptors (Lipinski definition) is 7. The number of hydrogen-bond donors (Lipinski definition) is 0. The van der Waals surface area contributed by atoms with E-state index in [1.165, 1.54) is 12.2 Å². The summed E-state index contributed by atoms with van der Waals surface area (Å²) < 4.78 is 6.46. The predicted molar refractivity (Wildman–Crippen MR) is 188 cm³/mol. The number of allylic oxidation sites excluding steroid dienone is 10. The Balaban J connectivity index is 1.68. The van der Waals surface area contributed by atoms with E-state index in [1.807, 2.05) is 53.7 Å². The van der Waals surface area contributed by atoms with E-state index in [0.29, 0.717) is 66.6 Å². The average molecular weight is 666 g/mol. The van der Waals surface area contributed by atoms with Gasteiger partial charge in [0.25, 0.3) is 0 Å². The number of azo groups is 2. The maximum atomic E-state index is 12.8. The zero-order chi connectivity index (χ0) is 33.9. The van der Waals surface area contributed by atoms with Crippen LogP contribution in [-0.4, -0.2) is 11.6 Å². The van der Waals surface area contributed by atoms with E-state index in [-0.39, 0.29) is 11.6 Å². The minimum Gasteiger partial charge on any atom is -0.453 e. The van der Waals surface area contributed by atoms with Gasteiger partial charge in [-0.2, -0.15) is 10.2 Å². The number of ketones is 2. The summed E-state index contributed by atoms with van der Waals surface area (Å²) >= 11 is 12.1. The molecule has 0 N–H and O–H groups in total. The van der Waals surface area contributed by atoms with Crippen molar-refractivity contribution in [3.8, 4) is 0 Å². The van der Waals surface area contributed by atoms with E-state index >= 15 is 0 Å². The Morgan fingerprint density at radius 1 is 0.553 bits per heavy atom. The van der Waals surface area contributed by atoms with Crippen molar-refractivity contribution >= 4 is 57.5 Å². The van der Waals surface area contributed by atoms with Gasteiger partial charge in [-0.25, -0.2) is 0 Å². The molecule has 1 aromatic heterocycles. The largest absolute Gasteiger partial charge is 0.453 e. The highest BCUT2D eigenvalue weighted by atomic mass is 35.5. The molecular weight excluding hydrogens is 631 g/mol. The lowest BCUT2D eigenvalue weighted by atomic mass is 9.80. The topological polar surface area (TPSA) is 96.7 Å².